The van der Waals surface area contributed by atoms with E-state index in [0.717, 1.165) is 24.1 Å². The molecule has 1 fully saturated rings. The molecule has 0 bridgehead atoms. The summed E-state index contributed by atoms with van der Waals surface area (Å²) in [7, 11) is 2.03. The van der Waals surface area contributed by atoms with E-state index in [4.69, 9.17) is 0 Å². The molecular weight excluding hydrogens is 212 g/mol. The van der Waals surface area contributed by atoms with E-state index in [1.165, 1.54) is 32.1 Å². The van der Waals surface area contributed by atoms with Crippen molar-refractivity contribution in [3.8, 4) is 0 Å². The number of hydrogen-bond acceptors (Lipinski definition) is 3. The fourth-order valence-corrected chi connectivity index (χ4v) is 2.66. The van der Waals surface area contributed by atoms with Crippen LogP contribution in [0.25, 0.3) is 0 Å². The Morgan fingerprint density at radius 2 is 2.00 bits per heavy atom. The maximum atomic E-state index is 4.18. The molecule has 1 aliphatic rings. The summed E-state index contributed by atoms with van der Waals surface area (Å²) in [5.41, 5.74) is 0. The first kappa shape index (κ1) is 12.6. The Morgan fingerprint density at radius 3 is 2.59 bits per heavy atom. The summed E-state index contributed by atoms with van der Waals surface area (Å²) >= 11 is 0. The minimum Gasteiger partial charge on any atom is -0.317 e. The van der Waals surface area contributed by atoms with E-state index in [9.17, 15) is 0 Å². The fourth-order valence-electron chi connectivity index (χ4n) is 2.66. The van der Waals surface area contributed by atoms with Gasteiger partial charge in [-0.15, -0.1) is 10.2 Å². The summed E-state index contributed by atoms with van der Waals surface area (Å²) < 4.78 is 2.06. The van der Waals surface area contributed by atoms with Gasteiger partial charge >= 0.3 is 0 Å². The minimum absolute atomic E-state index is 0.590. The molecule has 4 nitrogen and oxygen atoms in total. The summed E-state index contributed by atoms with van der Waals surface area (Å²) in [6.45, 7) is 5.12. The van der Waals surface area contributed by atoms with Crippen molar-refractivity contribution in [3.05, 3.63) is 11.6 Å². The highest BCUT2D eigenvalue weighted by Crippen LogP contribution is 2.26. The van der Waals surface area contributed by atoms with E-state index in [1.807, 2.05) is 14.0 Å². The van der Waals surface area contributed by atoms with Crippen LogP contribution in [0.15, 0.2) is 0 Å². The minimum atomic E-state index is 0.590. The Hall–Kier alpha value is -0.900. The van der Waals surface area contributed by atoms with Gasteiger partial charge in [0.15, 0.2) is 0 Å². The van der Waals surface area contributed by atoms with Crippen molar-refractivity contribution in [2.45, 2.75) is 58.5 Å². The van der Waals surface area contributed by atoms with Gasteiger partial charge in [0.1, 0.15) is 11.6 Å². The van der Waals surface area contributed by atoms with Gasteiger partial charge in [-0.2, -0.15) is 0 Å². The quantitative estimate of drug-likeness (QED) is 0.871. The van der Waals surface area contributed by atoms with Crippen LogP contribution in [-0.2, 0) is 13.6 Å². The normalized spacial score (nSPS) is 19.5. The monoisotopic (exact) mass is 236 g/mol. The lowest BCUT2D eigenvalue weighted by molar-refractivity contribution is 0.279. The Morgan fingerprint density at radius 1 is 1.29 bits per heavy atom. The molecule has 2 rings (SSSR count). The molecule has 1 heterocycles. The maximum Gasteiger partial charge on any atom is 0.146 e. The van der Waals surface area contributed by atoms with Gasteiger partial charge in [0, 0.05) is 13.1 Å². The van der Waals surface area contributed by atoms with E-state index in [2.05, 4.69) is 27.0 Å². The van der Waals surface area contributed by atoms with Crippen molar-refractivity contribution in [3.63, 3.8) is 0 Å². The van der Waals surface area contributed by atoms with E-state index in [0.29, 0.717) is 6.04 Å². The molecule has 17 heavy (non-hydrogen) atoms. The van der Waals surface area contributed by atoms with Crippen LogP contribution in [0.5, 0.6) is 0 Å². The Balaban J connectivity index is 1.83. The van der Waals surface area contributed by atoms with Gasteiger partial charge < -0.3 is 9.88 Å². The predicted molar refractivity (Wildman–Crippen MR) is 68.6 cm³/mol. The van der Waals surface area contributed by atoms with Crippen molar-refractivity contribution in [2.75, 3.05) is 0 Å². The Bertz CT molecular complexity index is 352. The molecule has 1 N–H and O–H groups in total. The SMILES string of the molecule is Cc1nnc(CNC(C)C2CCCCC2)n1C. The van der Waals surface area contributed by atoms with Crippen molar-refractivity contribution in [1.29, 1.82) is 0 Å². The van der Waals surface area contributed by atoms with Crippen LogP contribution < -0.4 is 5.32 Å². The van der Waals surface area contributed by atoms with E-state index in [-0.39, 0.29) is 0 Å². The third kappa shape index (κ3) is 3.06. The lowest BCUT2D eigenvalue weighted by Crippen LogP contribution is -2.34. The maximum absolute atomic E-state index is 4.18. The number of nitrogens with zero attached hydrogens (tertiary/aromatic N) is 3. The number of nitrogens with one attached hydrogen (secondary N) is 1. The van der Waals surface area contributed by atoms with Crippen molar-refractivity contribution in [2.24, 2.45) is 13.0 Å². The van der Waals surface area contributed by atoms with Crippen LogP contribution >= 0.6 is 0 Å². The molecule has 0 spiro atoms. The average molecular weight is 236 g/mol. The van der Waals surface area contributed by atoms with Crippen LogP contribution in [0.2, 0.25) is 0 Å². The molecule has 0 radical (unpaired) electrons. The molecular formula is C13H24N4. The topological polar surface area (TPSA) is 42.7 Å². The Labute approximate surface area is 104 Å². The van der Waals surface area contributed by atoms with Crippen LogP contribution in [0.3, 0.4) is 0 Å². The molecule has 0 saturated heterocycles. The van der Waals surface area contributed by atoms with E-state index in [1.54, 1.807) is 0 Å². The second kappa shape index (κ2) is 5.63. The first-order chi connectivity index (χ1) is 8.18. The van der Waals surface area contributed by atoms with Crippen LogP contribution in [0, 0.1) is 12.8 Å². The third-order valence-electron chi connectivity index (χ3n) is 4.12. The molecule has 4 heteroatoms. The summed E-state index contributed by atoms with van der Waals surface area (Å²) in [5, 5.41) is 11.9. The Kier molecular flexibility index (Phi) is 4.15. The third-order valence-corrected chi connectivity index (χ3v) is 4.12. The van der Waals surface area contributed by atoms with Crippen molar-refractivity contribution >= 4 is 0 Å². The van der Waals surface area contributed by atoms with Gasteiger partial charge in [-0.25, -0.2) is 0 Å². The second-order valence-corrected chi connectivity index (χ2v) is 5.29. The highest BCUT2D eigenvalue weighted by molar-refractivity contribution is 4.92. The van der Waals surface area contributed by atoms with Crippen LogP contribution in [0.1, 0.15) is 50.7 Å². The van der Waals surface area contributed by atoms with Gasteiger partial charge in [-0.3, -0.25) is 0 Å². The fraction of sp³-hybridized carbons (Fsp3) is 0.846. The van der Waals surface area contributed by atoms with E-state index >= 15 is 0 Å². The number of aromatic nitrogens is 3. The van der Waals surface area contributed by atoms with Gasteiger partial charge in [0.25, 0.3) is 0 Å². The molecule has 1 atom stereocenters. The standard InChI is InChI=1S/C13H24N4/c1-10(12-7-5-4-6-8-12)14-9-13-16-15-11(2)17(13)3/h10,12,14H,4-9H2,1-3H3. The largest absolute Gasteiger partial charge is 0.317 e. The smallest absolute Gasteiger partial charge is 0.146 e. The first-order valence-electron chi connectivity index (χ1n) is 6.76. The summed E-state index contributed by atoms with van der Waals surface area (Å²) in [5.74, 6) is 2.86. The van der Waals surface area contributed by atoms with Crippen molar-refractivity contribution in [1.82, 2.24) is 20.1 Å². The van der Waals surface area contributed by atoms with Crippen LogP contribution in [0.4, 0.5) is 0 Å². The zero-order valence-corrected chi connectivity index (χ0v) is 11.2. The summed E-state index contributed by atoms with van der Waals surface area (Å²) in [4.78, 5) is 0. The van der Waals surface area contributed by atoms with Gasteiger partial charge in [-0.1, -0.05) is 19.3 Å². The molecule has 96 valence electrons. The van der Waals surface area contributed by atoms with Crippen LogP contribution in [-0.4, -0.2) is 20.8 Å². The zero-order valence-electron chi connectivity index (χ0n) is 11.2. The lowest BCUT2D eigenvalue weighted by atomic mass is 9.84. The van der Waals surface area contributed by atoms with Gasteiger partial charge in [-0.05, 0) is 32.6 Å². The lowest BCUT2D eigenvalue weighted by Gasteiger charge is -2.28. The average Bonchev–Trinajstić information content (AvgIpc) is 2.68. The van der Waals surface area contributed by atoms with E-state index < -0.39 is 0 Å². The predicted octanol–water partition coefficient (Wildman–Crippen LogP) is 2.18. The molecule has 1 aromatic heterocycles. The molecule has 1 aliphatic carbocycles. The summed E-state index contributed by atoms with van der Waals surface area (Å²) in [6, 6.07) is 0.590. The summed E-state index contributed by atoms with van der Waals surface area (Å²) in [6.07, 6.45) is 6.99. The number of aryl methyl sites for hydroxylation is 1. The van der Waals surface area contributed by atoms with Gasteiger partial charge in [0.05, 0.1) is 6.54 Å². The zero-order chi connectivity index (χ0) is 12.3. The van der Waals surface area contributed by atoms with Crippen molar-refractivity contribution < 1.29 is 0 Å². The highest BCUT2D eigenvalue weighted by Gasteiger charge is 2.19. The molecule has 0 aliphatic heterocycles. The van der Waals surface area contributed by atoms with Gasteiger partial charge in [0.2, 0.25) is 0 Å². The molecule has 0 aromatic carbocycles. The molecule has 1 saturated carbocycles. The molecule has 0 amide bonds. The number of hydrogen-bond donors (Lipinski definition) is 1. The second-order valence-electron chi connectivity index (χ2n) is 5.29. The first-order valence-corrected chi connectivity index (χ1v) is 6.76. The molecule has 1 aromatic rings. The number of rotatable bonds is 4. The highest BCUT2D eigenvalue weighted by atomic mass is 15.3. The molecule has 1 unspecified atom stereocenters.